The number of benzene rings is 2. The largest absolute Gasteiger partial charge is 0.375 e. The molecule has 3 aromatic rings. The Bertz CT molecular complexity index is 1190. The van der Waals surface area contributed by atoms with Crippen LogP contribution in [0.2, 0.25) is 0 Å². The first-order valence-corrected chi connectivity index (χ1v) is 13.9. The van der Waals surface area contributed by atoms with Gasteiger partial charge in [-0.05, 0) is 36.5 Å². The van der Waals surface area contributed by atoms with Crippen LogP contribution in [0.3, 0.4) is 0 Å². The van der Waals surface area contributed by atoms with Gasteiger partial charge in [0.15, 0.2) is 0 Å². The first-order chi connectivity index (χ1) is 18.1. The maximum Gasteiger partial charge on any atom is 0.273 e. The van der Waals surface area contributed by atoms with Crippen molar-refractivity contribution in [1.29, 1.82) is 0 Å². The fourth-order valence-electron chi connectivity index (χ4n) is 5.70. The molecule has 8 heteroatoms. The predicted molar refractivity (Wildman–Crippen MR) is 146 cm³/mol. The molecular formula is C29H34N4O3S. The lowest BCUT2D eigenvalue weighted by atomic mass is 9.92. The Kier molecular flexibility index (Phi) is 8.28. The van der Waals surface area contributed by atoms with Crippen LogP contribution >= 0.6 is 11.3 Å². The summed E-state index contributed by atoms with van der Waals surface area (Å²) in [5.74, 6) is -0.125. The lowest BCUT2D eigenvalue weighted by molar-refractivity contribution is -0.122. The van der Waals surface area contributed by atoms with E-state index in [0.29, 0.717) is 31.4 Å². The molecule has 1 aromatic heterocycles. The molecule has 2 aliphatic rings. The minimum Gasteiger partial charge on any atom is -0.375 e. The number of thiazole rings is 1. The molecule has 1 saturated heterocycles. The number of amides is 2. The van der Waals surface area contributed by atoms with E-state index in [4.69, 9.17) is 4.74 Å². The van der Waals surface area contributed by atoms with E-state index in [9.17, 15) is 9.59 Å². The van der Waals surface area contributed by atoms with Crippen molar-refractivity contribution >= 4 is 28.8 Å². The van der Waals surface area contributed by atoms with E-state index >= 15 is 0 Å². The molecule has 2 amide bonds. The Morgan fingerprint density at radius 1 is 1.03 bits per heavy atom. The Labute approximate surface area is 222 Å². The van der Waals surface area contributed by atoms with Crippen LogP contribution in [-0.4, -0.2) is 65.5 Å². The van der Waals surface area contributed by atoms with Crippen molar-refractivity contribution in [3.05, 3.63) is 82.3 Å². The van der Waals surface area contributed by atoms with E-state index in [0.717, 1.165) is 43.5 Å². The van der Waals surface area contributed by atoms with Gasteiger partial charge in [-0.1, -0.05) is 55.0 Å². The second-order valence-electron chi connectivity index (χ2n) is 9.85. The molecule has 7 nitrogen and oxygen atoms in total. The van der Waals surface area contributed by atoms with Gasteiger partial charge in [0, 0.05) is 56.4 Å². The summed E-state index contributed by atoms with van der Waals surface area (Å²) in [5, 5.41) is 1.82. The summed E-state index contributed by atoms with van der Waals surface area (Å²) in [6.07, 6.45) is 4.10. The van der Waals surface area contributed by atoms with Gasteiger partial charge < -0.3 is 14.5 Å². The molecule has 37 heavy (non-hydrogen) atoms. The standard InChI is InChI=1S/C29H34N4O3S/c1-36-19-28(34)32-15-14-24-11-7-12-25(33(24)16-22-8-3-2-4-9-22)18-31(29(35)26-20-37-21-30-26)17-23-10-5-6-13-27(23)32/h2-6,8-10,13,20-21,24-25H,7,11-12,14-19H2,1H3. The Morgan fingerprint density at radius 2 is 1.81 bits per heavy atom. The number of aromatic nitrogens is 1. The van der Waals surface area contributed by atoms with Gasteiger partial charge in [0.05, 0.1) is 5.51 Å². The minimum atomic E-state index is -0.0631. The second kappa shape index (κ2) is 12.0. The number of methoxy groups -OCH3 is 1. The molecule has 0 saturated carbocycles. The van der Waals surface area contributed by atoms with E-state index in [2.05, 4.69) is 34.1 Å². The molecule has 2 bridgehead atoms. The maximum atomic E-state index is 13.7. The number of rotatable bonds is 5. The highest BCUT2D eigenvalue weighted by Gasteiger charge is 2.35. The van der Waals surface area contributed by atoms with Crippen molar-refractivity contribution in [1.82, 2.24) is 14.8 Å². The van der Waals surface area contributed by atoms with Crippen molar-refractivity contribution in [2.45, 2.75) is 50.9 Å². The Hall–Kier alpha value is -3.07. The van der Waals surface area contributed by atoms with Crippen LogP contribution in [0.5, 0.6) is 0 Å². The Morgan fingerprint density at radius 3 is 2.59 bits per heavy atom. The van der Waals surface area contributed by atoms with Crippen molar-refractivity contribution in [3.63, 3.8) is 0 Å². The van der Waals surface area contributed by atoms with Crippen molar-refractivity contribution in [3.8, 4) is 0 Å². The number of hydrogen-bond acceptors (Lipinski definition) is 6. The predicted octanol–water partition coefficient (Wildman–Crippen LogP) is 4.59. The average Bonchev–Trinajstić information content (AvgIpc) is 3.45. The number of fused-ring (bicyclic) bond motifs is 3. The molecule has 2 atom stereocenters. The number of anilines is 1. The monoisotopic (exact) mass is 518 g/mol. The third-order valence-corrected chi connectivity index (χ3v) is 8.08. The minimum absolute atomic E-state index is 0.0246. The molecular weight excluding hydrogens is 484 g/mol. The Balaban J connectivity index is 1.55. The topological polar surface area (TPSA) is 66.0 Å². The van der Waals surface area contributed by atoms with Crippen LogP contribution < -0.4 is 4.90 Å². The fraction of sp³-hybridized carbons (Fsp3) is 0.414. The summed E-state index contributed by atoms with van der Waals surface area (Å²) < 4.78 is 5.24. The smallest absolute Gasteiger partial charge is 0.273 e. The van der Waals surface area contributed by atoms with E-state index in [-0.39, 0.29) is 24.5 Å². The SMILES string of the molecule is COCC(=O)N1CCC2CCCC(CN(C(=O)c3cscn3)Cc3ccccc31)N2Cc1ccccc1. The summed E-state index contributed by atoms with van der Waals surface area (Å²) in [5.41, 5.74) is 5.26. The molecule has 5 rings (SSSR count). The average molecular weight is 519 g/mol. The summed E-state index contributed by atoms with van der Waals surface area (Å²) in [7, 11) is 1.55. The zero-order valence-electron chi connectivity index (χ0n) is 21.3. The summed E-state index contributed by atoms with van der Waals surface area (Å²) >= 11 is 1.43. The highest BCUT2D eigenvalue weighted by atomic mass is 32.1. The van der Waals surface area contributed by atoms with Gasteiger partial charge in [-0.2, -0.15) is 0 Å². The lowest BCUT2D eigenvalue weighted by Gasteiger charge is -2.44. The van der Waals surface area contributed by atoms with Crippen LogP contribution in [0.1, 0.15) is 47.3 Å². The molecule has 2 unspecified atom stereocenters. The third kappa shape index (κ3) is 5.92. The van der Waals surface area contributed by atoms with E-state index in [1.165, 1.54) is 16.9 Å². The maximum absolute atomic E-state index is 13.7. The van der Waals surface area contributed by atoms with Gasteiger partial charge in [0.1, 0.15) is 12.3 Å². The molecule has 0 radical (unpaired) electrons. The van der Waals surface area contributed by atoms with Crippen LogP contribution in [0.4, 0.5) is 5.69 Å². The summed E-state index contributed by atoms with van der Waals surface area (Å²) in [6, 6.07) is 19.0. The van der Waals surface area contributed by atoms with Crippen LogP contribution in [-0.2, 0) is 22.6 Å². The van der Waals surface area contributed by atoms with Crippen molar-refractivity contribution in [2.24, 2.45) is 0 Å². The number of para-hydroxylation sites is 1. The molecule has 0 spiro atoms. The molecule has 2 aromatic carbocycles. The van der Waals surface area contributed by atoms with Gasteiger partial charge in [0.25, 0.3) is 11.8 Å². The van der Waals surface area contributed by atoms with Gasteiger partial charge >= 0.3 is 0 Å². The van der Waals surface area contributed by atoms with Crippen LogP contribution in [0.15, 0.2) is 65.5 Å². The molecule has 194 valence electrons. The third-order valence-electron chi connectivity index (χ3n) is 7.49. The second-order valence-corrected chi connectivity index (χ2v) is 10.6. The molecule has 0 aliphatic carbocycles. The van der Waals surface area contributed by atoms with Gasteiger partial charge in [-0.15, -0.1) is 11.3 Å². The van der Waals surface area contributed by atoms with Crippen LogP contribution in [0, 0.1) is 0 Å². The lowest BCUT2D eigenvalue weighted by Crippen LogP contribution is -2.52. The highest BCUT2D eigenvalue weighted by Crippen LogP contribution is 2.32. The number of nitrogens with zero attached hydrogens (tertiary/aromatic N) is 4. The number of hydrogen-bond donors (Lipinski definition) is 0. The number of carbonyl (C=O) groups is 2. The molecule has 3 heterocycles. The number of carbonyl (C=O) groups excluding carboxylic acids is 2. The quantitative estimate of drug-likeness (QED) is 0.494. The van der Waals surface area contributed by atoms with Gasteiger partial charge in [0.2, 0.25) is 0 Å². The van der Waals surface area contributed by atoms with E-state index < -0.39 is 0 Å². The number of piperidine rings is 1. The number of ether oxygens (including phenoxy) is 1. The van der Waals surface area contributed by atoms with Crippen LogP contribution in [0.25, 0.3) is 0 Å². The van der Waals surface area contributed by atoms with E-state index in [1.54, 1.807) is 12.6 Å². The zero-order chi connectivity index (χ0) is 25.6. The summed E-state index contributed by atoms with van der Waals surface area (Å²) in [4.78, 5) is 37.7. The van der Waals surface area contributed by atoms with Crippen molar-refractivity contribution in [2.75, 3.05) is 31.7 Å². The molecule has 2 aliphatic heterocycles. The first-order valence-electron chi connectivity index (χ1n) is 13.0. The first kappa shape index (κ1) is 25.6. The fourth-order valence-corrected chi connectivity index (χ4v) is 6.23. The molecule has 0 N–H and O–H groups in total. The normalized spacial score (nSPS) is 20.7. The summed E-state index contributed by atoms with van der Waals surface area (Å²) in [6.45, 7) is 2.51. The van der Waals surface area contributed by atoms with E-state index in [1.807, 2.05) is 45.5 Å². The van der Waals surface area contributed by atoms with Crippen molar-refractivity contribution < 1.29 is 14.3 Å². The highest BCUT2D eigenvalue weighted by molar-refractivity contribution is 7.07. The van der Waals surface area contributed by atoms with Gasteiger partial charge in [-0.25, -0.2) is 4.98 Å². The zero-order valence-corrected chi connectivity index (χ0v) is 22.1. The van der Waals surface area contributed by atoms with Gasteiger partial charge in [-0.3, -0.25) is 14.5 Å². The molecule has 1 fully saturated rings.